The third-order valence-electron chi connectivity index (χ3n) is 5.30. The molecule has 1 saturated heterocycles. The quantitative estimate of drug-likeness (QED) is 0.774. The van der Waals surface area contributed by atoms with Gasteiger partial charge in [-0.05, 0) is 49.0 Å². The molecule has 2 heterocycles. The van der Waals surface area contributed by atoms with Crippen molar-refractivity contribution in [2.75, 3.05) is 42.9 Å². The van der Waals surface area contributed by atoms with E-state index >= 15 is 0 Å². The Bertz CT molecular complexity index is 939. The normalized spacial score (nSPS) is 15.3. The zero-order valence-electron chi connectivity index (χ0n) is 15.9. The monoisotopic (exact) mass is 363 g/mol. The Balaban J connectivity index is 1.42. The summed E-state index contributed by atoms with van der Waals surface area (Å²) in [5.41, 5.74) is 4.46. The molecule has 6 heteroatoms. The van der Waals surface area contributed by atoms with Gasteiger partial charge in [0.1, 0.15) is 0 Å². The van der Waals surface area contributed by atoms with E-state index in [1.165, 1.54) is 5.69 Å². The number of fused-ring (bicyclic) bond motifs is 1. The van der Waals surface area contributed by atoms with E-state index in [9.17, 15) is 4.79 Å². The van der Waals surface area contributed by atoms with Gasteiger partial charge in [-0.2, -0.15) is 0 Å². The van der Waals surface area contributed by atoms with E-state index in [0.29, 0.717) is 5.56 Å². The highest BCUT2D eigenvalue weighted by Crippen LogP contribution is 2.21. The van der Waals surface area contributed by atoms with Crippen LogP contribution in [0.3, 0.4) is 0 Å². The van der Waals surface area contributed by atoms with E-state index in [1.54, 1.807) is 6.33 Å². The summed E-state index contributed by atoms with van der Waals surface area (Å²) in [5, 5.41) is 2.98. The highest BCUT2D eigenvalue weighted by atomic mass is 16.1. The van der Waals surface area contributed by atoms with Gasteiger partial charge in [0.15, 0.2) is 0 Å². The van der Waals surface area contributed by atoms with Gasteiger partial charge in [0.25, 0.3) is 5.91 Å². The Morgan fingerprint density at radius 2 is 1.81 bits per heavy atom. The molecule has 0 atom stereocenters. The lowest BCUT2D eigenvalue weighted by molar-refractivity contribution is 0.102. The number of benzene rings is 2. The molecule has 140 valence electrons. The van der Waals surface area contributed by atoms with Gasteiger partial charge in [0.2, 0.25) is 0 Å². The largest absolute Gasteiger partial charge is 0.369 e. The Labute approximate surface area is 159 Å². The Morgan fingerprint density at radius 1 is 1.07 bits per heavy atom. The molecule has 1 fully saturated rings. The molecule has 1 amide bonds. The summed E-state index contributed by atoms with van der Waals surface area (Å²) in [6, 6.07) is 13.7. The molecule has 0 bridgehead atoms. The number of hydrogen-bond donors (Lipinski definition) is 1. The van der Waals surface area contributed by atoms with Crippen molar-refractivity contribution in [3.8, 4) is 0 Å². The van der Waals surface area contributed by atoms with Crippen molar-refractivity contribution in [3.63, 3.8) is 0 Å². The maximum absolute atomic E-state index is 12.6. The number of likely N-dealkylation sites (N-methyl/N-ethyl adjacent to an activating group) is 1. The fourth-order valence-corrected chi connectivity index (χ4v) is 3.56. The van der Waals surface area contributed by atoms with Crippen LogP contribution >= 0.6 is 0 Å². The van der Waals surface area contributed by atoms with Gasteiger partial charge in [-0.3, -0.25) is 4.79 Å². The minimum absolute atomic E-state index is 0.119. The van der Waals surface area contributed by atoms with E-state index in [4.69, 9.17) is 0 Å². The number of amides is 1. The number of piperazine rings is 1. The van der Waals surface area contributed by atoms with Gasteiger partial charge in [-0.1, -0.05) is 6.92 Å². The second-order valence-corrected chi connectivity index (χ2v) is 6.98. The smallest absolute Gasteiger partial charge is 0.255 e. The van der Waals surface area contributed by atoms with Crippen molar-refractivity contribution in [1.82, 2.24) is 14.5 Å². The molecule has 1 aliphatic heterocycles. The third kappa shape index (κ3) is 3.66. The predicted octanol–water partition coefficient (Wildman–Crippen LogP) is 2.97. The van der Waals surface area contributed by atoms with Crippen molar-refractivity contribution in [2.45, 2.75) is 6.92 Å². The molecule has 1 aromatic heterocycles. The predicted molar refractivity (Wildman–Crippen MR) is 109 cm³/mol. The first-order valence-electron chi connectivity index (χ1n) is 9.44. The average Bonchev–Trinajstić information content (AvgIpc) is 3.09. The SMILES string of the molecule is CCN1CCN(c2ccc(NC(=O)c3ccc4c(c3)ncn4C)cc2)CC1. The standard InChI is InChI=1S/C21H25N5O/c1-3-25-10-12-26(13-11-25)18-7-5-17(6-8-18)23-21(27)16-4-9-20-19(14-16)22-15-24(20)2/h4-9,14-15H,3,10-13H2,1-2H3,(H,23,27). The van der Waals surface area contributed by atoms with E-state index < -0.39 is 0 Å². The summed E-state index contributed by atoms with van der Waals surface area (Å²) in [5.74, 6) is -0.119. The van der Waals surface area contributed by atoms with Gasteiger partial charge in [-0.25, -0.2) is 4.98 Å². The Kier molecular flexibility index (Phi) is 4.81. The van der Waals surface area contributed by atoms with Crippen LogP contribution in [0.4, 0.5) is 11.4 Å². The molecule has 0 spiro atoms. The number of carbonyl (C=O) groups excluding carboxylic acids is 1. The molecule has 6 nitrogen and oxygen atoms in total. The van der Waals surface area contributed by atoms with Crippen LogP contribution in [-0.4, -0.2) is 53.1 Å². The molecule has 1 aliphatic rings. The lowest BCUT2D eigenvalue weighted by Crippen LogP contribution is -2.46. The van der Waals surface area contributed by atoms with Crippen molar-refractivity contribution >= 4 is 28.3 Å². The number of hydrogen-bond acceptors (Lipinski definition) is 4. The van der Waals surface area contributed by atoms with Gasteiger partial charge in [0, 0.05) is 50.2 Å². The van der Waals surface area contributed by atoms with Crippen molar-refractivity contribution in [2.24, 2.45) is 7.05 Å². The summed E-state index contributed by atoms with van der Waals surface area (Å²) in [4.78, 5) is 21.7. The van der Waals surface area contributed by atoms with Crippen LogP contribution in [0.25, 0.3) is 11.0 Å². The lowest BCUT2D eigenvalue weighted by atomic mass is 10.1. The van der Waals surface area contributed by atoms with Crippen LogP contribution < -0.4 is 10.2 Å². The molecule has 27 heavy (non-hydrogen) atoms. The van der Waals surface area contributed by atoms with E-state index in [2.05, 4.69) is 39.2 Å². The fraction of sp³-hybridized carbons (Fsp3) is 0.333. The van der Waals surface area contributed by atoms with Crippen LogP contribution in [0.15, 0.2) is 48.8 Å². The Hall–Kier alpha value is -2.86. The molecule has 3 aromatic rings. The number of carbonyl (C=O) groups is 1. The average molecular weight is 363 g/mol. The number of nitrogens with zero attached hydrogens (tertiary/aromatic N) is 4. The molecule has 0 radical (unpaired) electrons. The number of rotatable bonds is 4. The Morgan fingerprint density at radius 3 is 2.52 bits per heavy atom. The van der Waals surface area contributed by atoms with Crippen LogP contribution in [0.2, 0.25) is 0 Å². The zero-order valence-corrected chi connectivity index (χ0v) is 15.9. The van der Waals surface area contributed by atoms with Crippen LogP contribution in [0.1, 0.15) is 17.3 Å². The molecule has 0 unspecified atom stereocenters. The first-order valence-corrected chi connectivity index (χ1v) is 9.44. The number of anilines is 2. The fourth-order valence-electron chi connectivity index (χ4n) is 3.56. The zero-order chi connectivity index (χ0) is 18.8. The summed E-state index contributed by atoms with van der Waals surface area (Å²) in [6.45, 7) is 7.62. The maximum atomic E-state index is 12.6. The summed E-state index contributed by atoms with van der Waals surface area (Å²) < 4.78 is 1.94. The van der Waals surface area contributed by atoms with Gasteiger partial charge >= 0.3 is 0 Å². The summed E-state index contributed by atoms with van der Waals surface area (Å²) >= 11 is 0. The van der Waals surface area contributed by atoms with Crippen molar-refractivity contribution in [3.05, 3.63) is 54.4 Å². The van der Waals surface area contributed by atoms with Crippen molar-refractivity contribution < 1.29 is 4.79 Å². The number of aryl methyl sites for hydroxylation is 1. The molecule has 0 saturated carbocycles. The molecular formula is C21H25N5O. The highest BCUT2D eigenvalue weighted by molar-refractivity contribution is 6.06. The molecule has 1 N–H and O–H groups in total. The first kappa shape index (κ1) is 17.5. The molecular weight excluding hydrogens is 338 g/mol. The third-order valence-corrected chi connectivity index (χ3v) is 5.30. The van der Waals surface area contributed by atoms with E-state index in [1.807, 2.05) is 41.9 Å². The van der Waals surface area contributed by atoms with Gasteiger partial charge in [0.05, 0.1) is 17.4 Å². The molecule has 0 aliphatic carbocycles. The maximum Gasteiger partial charge on any atom is 0.255 e. The minimum Gasteiger partial charge on any atom is -0.369 e. The van der Waals surface area contributed by atoms with E-state index in [0.717, 1.165) is 49.4 Å². The molecule has 4 rings (SSSR count). The van der Waals surface area contributed by atoms with E-state index in [-0.39, 0.29) is 5.91 Å². The minimum atomic E-state index is -0.119. The molecule has 2 aromatic carbocycles. The van der Waals surface area contributed by atoms with Crippen LogP contribution in [0, 0.1) is 0 Å². The number of imidazole rings is 1. The second-order valence-electron chi connectivity index (χ2n) is 6.98. The van der Waals surface area contributed by atoms with Gasteiger partial charge in [-0.15, -0.1) is 0 Å². The summed E-state index contributed by atoms with van der Waals surface area (Å²) in [7, 11) is 1.94. The van der Waals surface area contributed by atoms with Gasteiger partial charge < -0.3 is 19.7 Å². The second kappa shape index (κ2) is 7.40. The summed E-state index contributed by atoms with van der Waals surface area (Å²) in [6.07, 6.45) is 1.76. The number of aromatic nitrogens is 2. The lowest BCUT2D eigenvalue weighted by Gasteiger charge is -2.35. The topological polar surface area (TPSA) is 53.4 Å². The highest BCUT2D eigenvalue weighted by Gasteiger charge is 2.16. The first-order chi connectivity index (χ1) is 13.1. The van der Waals surface area contributed by atoms with Crippen LogP contribution in [0.5, 0.6) is 0 Å². The van der Waals surface area contributed by atoms with Crippen LogP contribution in [-0.2, 0) is 7.05 Å². The van der Waals surface area contributed by atoms with Crippen molar-refractivity contribution in [1.29, 1.82) is 0 Å². The number of nitrogens with one attached hydrogen (secondary N) is 1.